The van der Waals surface area contributed by atoms with Gasteiger partial charge in [0.25, 0.3) is 0 Å². The molecular weight excluding hydrogens is 152 g/mol. The normalized spacial score (nSPS) is 10.2. The van der Waals surface area contributed by atoms with Crippen molar-refractivity contribution in [3.05, 3.63) is 28.3 Å². The largest absolute Gasteiger partial charge is 0.0795 e. The molecule has 0 atom stereocenters. The molecule has 11 heavy (non-hydrogen) atoms. The summed E-state index contributed by atoms with van der Waals surface area (Å²) < 4.78 is 0. The SMILES string of the molecule is Cc1cc(C)c(C)c([S])c1C. The van der Waals surface area contributed by atoms with E-state index in [2.05, 4.69) is 33.8 Å². The van der Waals surface area contributed by atoms with Gasteiger partial charge in [-0.25, -0.2) is 0 Å². The number of hydrogen-bond acceptors (Lipinski definition) is 0. The van der Waals surface area contributed by atoms with Crippen molar-refractivity contribution in [2.24, 2.45) is 0 Å². The predicted molar refractivity (Wildman–Crippen MR) is 51.2 cm³/mol. The minimum Gasteiger partial charge on any atom is -0.0795 e. The highest BCUT2D eigenvalue weighted by Crippen LogP contribution is 2.24. The Kier molecular flexibility index (Phi) is 2.19. The van der Waals surface area contributed by atoms with Crippen molar-refractivity contribution in [1.29, 1.82) is 0 Å². The Morgan fingerprint density at radius 1 is 0.909 bits per heavy atom. The third kappa shape index (κ3) is 1.38. The van der Waals surface area contributed by atoms with E-state index in [-0.39, 0.29) is 0 Å². The maximum atomic E-state index is 5.27. The molecule has 1 rings (SSSR count). The molecule has 0 N–H and O–H groups in total. The number of aryl methyl sites for hydroxylation is 2. The maximum absolute atomic E-state index is 5.27. The van der Waals surface area contributed by atoms with Crippen LogP contribution in [-0.4, -0.2) is 0 Å². The molecular formula is C10H13S. The first-order chi connectivity index (χ1) is 5.04. The molecule has 0 saturated carbocycles. The molecule has 1 aromatic rings. The Balaban J connectivity index is 3.46. The van der Waals surface area contributed by atoms with Crippen molar-refractivity contribution in [2.75, 3.05) is 0 Å². The Morgan fingerprint density at radius 3 is 1.64 bits per heavy atom. The summed E-state index contributed by atoms with van der Waals surface area (Å²) in [4.78, 5) is 1.03. The Morgan fingerprint density at radius 2 is 1.27 bits per heavy atom. The summed E-state index contributed by atoms with van der Waals surface area (Å²) in [5, 5.41) is 0. The lowest BCUT2D eigenvalue weighted by Crippen LogP contribution is -1.90. The molecule has 0 aliphatic rings. The quantitative estimate of drug-likeness (QED) is 0.552. The van der Waals surface area contributed by atoms with Crippen LogP contribution in [0.15, 0.2) is 11.0 Å². The van der Waals surface area contributed by atoms with Gasteiger partial charge in [0.2, 0.25) is 0 Å². The number of benzene rings is 1. The van der Waals surface area contributed by atoms with E-state index in [0.717, 1.165) is 4.90 Å². The first-order valence-electron chi connectivity index (χ1n) is 3.78. The van der Waals surface area contributed by atoms with E-state index in [1.54, 1.807) is 0 Å². The lowest BCUT2D eigenvalue weighted by atomic mass is 10.0. The molecule has 0 amide bonds. The first kappa shape index (κ1) is 8.54. The summed E-state index contributed by atoms with van der Waals surface area (Å²) in [6.45, 7) is 8.39. The van der Waals surface area contributed by atoms with E-state index in [4.69, 9.17) is 12.6 Å². The molecule has 0 saturated heterocycles. The van der Waals surface area contributed by atoms with Gasteiger partial charge in [0.15, 0.2) is 0 Å². The highest BCUT2D eigenvalue weighted by atomic mass is 32.1. The van der Waals surface area contributed by atoms with Crippen LogP contribution in [0.4, 0.5) is 0 Å². The lowest BCUT2D eigenvalue weighted by molar-refractivity contribution is 1.14. The highest BCUT2D eigenvalue weighted by Gasteiger charge is 2.04. The maximum Gasteiger partial charge on any atom is 0.0440 e. The van der Waals surface area contributed by atoms with Crippen LogP contribution in [0.5, 0.6) is 0 Å². The average molecular weight is 165 g/mol. The molecule has 0 nitrogen and oxygen atoms in total. The molecule has 1 radical (unpaired) electrons. The van der Waals surface area contributed by atoms with Gasteiger partial charge in [-0.2, -0.15) is 0 Å². The van der Waals surface area contributed by atoms with Gasteiger partial charge in [-0.1, -0.05) is 18.7 Å². The summed E-state index contributed by atoms with van der Waals surface area (Å²) in [6, 6.07) is 2.19. The second-order valence-electron chi connectivity index (χ2n) is 3.09. The summed E-state index contributed by atoms with van der Waals surface area (Å²) >= 11 is 5.27. The molecule has 1 aromatic carbocycles. The van der Waals surface area contributed by atoms with Crippen molar-refractivity contribution in [3.63, 3.8) is 0 Å². The van der Waals surface area contributed by atoms with E-state index in [0.29, 0.717) is 0 Å². The Labute approximate surface area is 74.0 Å². The van der Waals surface area contributed by atoms with E-state index in [1.807, 2.05) is 0 Å². The summed E-state index contributed by atoms with van der Waals surface area (Å²) in [6.07, 6.45) is 0. The van der Waals surface area contributed by atoms with Crippen molar-refractivity contribution in [1.82, 2.24) is 0 Å². The second-order valence-corrected chi connectivity index (χ2v) is 3.50. The smallest absolute Gasteiger partial charge is 0.0440 e. The zero-order chi connectivity index (χ0) is 8.59. The molecule has 0 aliphatic carbocycles. The van der Waals surface area contributed by atoms with Gasteiger partial charge < -0.3 is 0 Å². The molecule has 59 valence electrons. The lowest BCUT2D eigenvalue weighted by Gasteiger charge is -2.08. The van der Waals surface area contributed by atoms with Crippen LogP contribution in [0.3, 0.4) is 0 Å². The molecule has 0 unspecified atom stereocenters. The third-order valence-electron chi connectivity index (χ3n) is 2.30. The van der Waals surface area contributed by atoms with E-state index < -0.39 is 0 Å². The Hall–Kier alpha value is -0.560. The van der Waals surface area contributed by atoms with Crippen LogP contribution in [-0.2, 0) is 0 Å². The van der Waals surface area contributed by atoms with Gasteiger partial charge in [0, 0.05) is 4.90 Å². The number of rotatable bonds is 0. The predicted octanol–water partition coefficient (Wildman–Crippen LogP) is 3.48. The van der Waals surface area contributed by atoms with Crippen molar-refractivity contribution < 1.29 is 0 Å². The molecule has 0 heterocycles. The zero-order valence-electron chi connectivity index (χ0n) is 7.49. The fraction of sp³-hybridized carbons (Fsp3) is 0.400. The van der Waals surface area contributed by atoms with Crippen LogP contribution >= 0.6 is 12.6 Å². The topological polar surface area (TPSA) is 0 Å². The molecule has 0 bridgehead atoms. The number of hydrogen-bond donors (Lipinski definition) is 0. The van der Waals surface area contributed by atoms with Crippen molar-refractivity contribution >= 4 is 12.6 Å². The van der Waals surface area contributed by atoms with E-state index in [9.17, 15) is 0 Å². The fourth-order valence-electron chi connectivity index (χ4n) is 1.18. The first-order valence-corrected chi connectivity index (χ1v) is 4.19. The zero-order valence-corrected chi connectivity index (χ0v) is 8.30. The van der Waals surface area contributed by atoms with Crippen molar-refractivity contribution in [2.45, 2.75) is 32.6 Å². The van der Waals surface area contributed by atoms with Gasteiger partial charge >= 0.3 is 0 Å². The van der Waals surface area contributed by atoms with Gasteiger partial charge in [-0.15, -0.1) is 0 Å². The van der Waals surface area contributed by atoms with Gasteiger partial charge in [0.05, 0.1) is 0 Å². The molecule has 0 aliphatic heterocycles. The van der Waals surface area contributed by atoms with E-state index in [1.165, 1.54) is 22.3 Å². The highest BCUT2D eigenvalue weighted by molar-refractivity contribution is 7.80. The summed E-state index contributed by atoms with van der Waals surface area (Å²) in [5.74, 6) is 0. The molecule has 1 heteroatoms. The molecule has 0 spiro atoms. The van der Waals surface area contributed by atoms with Crippen LogP contribution in [0.25, 0.3) is 0 Å². The minimum atomic E-state index is 1.03. The van der Waals surface area contributed by atoms with Crippen LogP contribution in [0.1, 0.15) is 22.3 Å². The van der Waals surface area contributed by atoms with E-state index >= 15 is 0 Å². The van der Waals surface area contributed by atoms with Crippen LogP contribution in [0, 0.1) is 27.7 Å². The van der Waals surface area contributed by atoms with Gasteiger partial charge in [0.1, 0.15) is 0 Å². The monoisotopic (exact) mass is 165 g/mol. The van der Waals surface area contributed by atoms with Gasteiger partial charge in [-0.05, 0) is 49.9 Å². The van der Waals surface area contributed by atoms with Crippen LogP contribution < -0.4 is 0 Å². The molecule has 0 fully saturated rings. The van der Waals surface area contributed by atoms with Crippen LogP contribution in [0.2, 0.25) is 0 Å². The third-order valence-corrected chi connectivity index (χ3v) is 2.91. The van der Waals surface area contributed by atoms with Gasteiger partial charge in [-0.3, -0.25) is 0 Å². The fourth-order valence-corrected chi connectivity index (χ4v) is 1.50. The average Bonchev–Trinajstić information content (AvgIpc) is 1.97. The molecule has 0 aromatic heterocycles. The standard InChI is InChI=1S/C10H13S/c1-6-5-7(2)9(4)10(11)8(6)3/h5H,1-4H3. The van der Waals surface area contributed by atoms with Crippen molar-refractivity contribution in [3.8, 4) is 0 Å². The minimum absolute atomic E-state index is 1.03. The summed E-state index contributed by atoms with van der Waals surface area (Å²) in [7, 11) is 0. The Bertz CT molecular complexity index is 261. The summed E-state index contributed by atoms with van der Waals surface area (Å²) in [5.41, 5.74) is 5.11. The second kappa shape index (κ2) is 2.82.